The van der Waals surface area contributed by atoms with E-state index in [1.54, 1.807) is 6.92 Å². The van der Waals surface area contributed by atoms with Gasteiger partial charge in [0.25, 0.3) is 0 Å². The van der Waals surface area contributed by atoms with Gasteiger partial charge in [-0.3, -0.25) is 4.90 Å². The number of hydrogen-bond acceptors (Lipinski definition) is 5. The fourth-order valence-corrected chi connectivity index (χ4v) is 3.88. The number of nitrogens with zero attached hydrogens (tertiary/aromatic N) is 3. The first kappa shape index (κ1) is 21.3. The molecule has 1 saturated heterocycles. The standard InChI is InChI=1S/C21H27F2N3O3/c1-4-24(3)20-19(21(27)28)14(2)9-18(25-5-7-29-8-6-25)26(20)13-15-10-16(22)12-17(23)11-15/h9-12,18H,4-8,13H2,1-3H3,(H,27,28). The number of rotatable bonds is 6. The van der Waals surface area contributed by atoms with Crippen LogP contribution in [0, 0.1) is 11.6 Å². The Morgan fingerprint density at radius 1 is 1.24 bits per heavy atom. The number of carboxylic acids is 1. The van der Waals surface area contributed by atoms with Crippen LogP contribution in [0.4, 0.5) is 8.78 Å². The number of carboxylic acid groups (broad SMARTS) is 1. The monoisotopic (exact) mass is 407 g/mol. The molecule has 1 unspecified atom stereocenters. The second kappa shape index (κ2) is 8.92. The van der Waals surface area contributed by atoms with Crippen LogP contribution in [0.15, 0.2) is 41.2 Å². The molecule has 1 fully saturated rings. The van der Waals surface area contributed by atoms with E-state index in [1.807, 2.05) is 29.8 Å². The second-order valence-corrected chi connectivity index (χ2v) is 7.34. The minimum Gasteiger partial charge on any atom is -0.478 e. The number of morpholine rings is 1. The Labute approximate surface area is 169 Å². The first-order valence-electron chi connectivity index (χ1n) is 9.72. The molecule has 0 radical (unpaired) electrons. The summed E-state index contributed by atoms with van der Waals surface area (Å²) in [6, 6.07) is 3.41. The predicted molar refractivity (Wildman–Crippen MR) is 105 cm³/mol. The van der Waals surface area contributed by atoms with Crippen LogP contribution >= 0.6 is 0 Å². The molecular formula is C21H27F2N3O3. The fraction of sp³-hybridized carbons (Fsp3) is 0.476. The van der Waals surface area contributed by atoms with Crippen LogP contribution < -0.4 is 0 Å². The molecule has 0 spiro atoms. The van der Waals surface area contributed by atoms with Crippen molar-refractivity contribution in [2.75, 3.05) is 39.9 Å². The van der Waals surface area contributed by atoms with Crippen molar-refractivity contribution in [1.82, 2.24) is 14.7 Å². The van der Waals surface area contributed by atoms with E-state index in [0.717, 1.165) is 6.07 Å². The molecule has 0 saturated carbocycles. The van der Waals surface area contributed by atoms with Crippen LogP contribution in [0.25, 0.3) is 0 Å². The number of hydrogen-bond donors (Lipinski definition) is 1. The topological polar surface area (TPSA) is 56.3 Å². The minimum absolute atomic E-state index is 0.178. The molecule has 1 atom stereocenters. The molecule has 3 rings (SSSR count). The summed E-state index contributed by atoms with van der Waals surface area (Å²) in [6.45, 7) is 7.03. The van der Waals surface area contributed by atoms with Crippen LogP contribution in [0.2, 0.25) is 0 Å². The van der Waals surface area contributed by atoms with Gasteiger partial charge >= 0.3 is 5.97 Å². The van der Waals surface area contributed by atoms with Crippen molar-refractivity contribution in [1.29, 1.82) is 0 Å². The molecule has 0 amide bonds. The third-order valence-corrected chi connectivity index (χ3v) is 5.35. The summed E-state index contributed by atoms with van der Waals surface area (Å²) in [5.41, 5.74) is 1.32. The molecule has 1 aromatic carbocycles. The summed E-state index contributed by atoms with van der Waals surface area (Å²) in [7, 11) is 1.83. The van der Waals surface area contributed by atoms with Crippen LogP contribution in [-0.2, 0) is 16.1 Å². The van der Waals surface area contributed by atoms with Crippen molar-refractivity contribution < 1.29 is 23.4 Å². The average molecular weight is 407 g/mol. The molecule has 29 heavy (non-hydrogen) atoms. The quantitative estimate of drug-likeness (QED) is 0.783. The summed E-state index contributed by atoms with van der Waals surface area (Å²) >= 11 is 0. The van der Waals surface area contributed by atoms with E-state index in [-0.39, 0.29) is 18.3 Å². The van der Waals surface area contributed by atoms with Crippen LogP contribution in [0.3, 0.4) is 0 Å². The molecule has 0 aromatic heterocycles. The van der Waals surface area contributed by atoms with Gasteiger partial charge in [0.2, 0.25) is 0 Å². The van der Waals surface area contributed by atoms with E-state index in [9.17, 15) is 18.7 Å². The predicted octanol–water partition coefficient (Wildman–Crippen LogP) is 2.63. The highest BCUT2D eigenvalue weighted by atomic mass is 19.1. The van der Waals surface area contributed by atoms with Gasteiger partial charge in [-0.25, -0.2) is 13.6 Å². The van der Waals surface area contributed by atoms with Gasteiger partial charge in [-0.15, -0.1) is 0 Å². The summed E-state index contributed by atoms with van der Waals surface area (Å²) in [6.07, 6.45) is 1.68. The second-order valence-electron chi connectivity index (χ2n) is 7.34. The summed E-state index contributed by atoms with van der Waals surface area (Å²) in [4.78, 5) is 18.1. The summed E-state index contributed by atoms with van der Waals surface area (Å²) < 4.78 is 33.1. The largest absolute Gasteiger partial charge is 0.478 e. The first-order chi connectivity index (χ1) is 13.8. The maximum absolute atomic E-state index is 13.8. The van der Waals surface area contributed by atoms with Gasteiger partial charge in [0, 0.05) is 39.3 Å². The van der Waals surface area contributed by atoms with E-state index in [2.05, 4.69) is 4.90 Å². The zero-order chi connectivity index (χ0) is 21.1. The van der Waals surface area contributed by atoms with Crippen molar-refractivity contribution >= 4 is 5.97 Å². The van der Waals surface area contributed by atoms with Gasteiger partial charge in [-0.1, -0.05) is 0 Å². The van der Waals surface area contributed by atoms with Crippen molar-refractivity contribution in [3.63, 3.8) is 0 Å². The highest BCUT2D eigenvalue weighted by Gasteiger charge is 2.36. The van der Waals surface area contributed by atoms with Crippen molar-refractivity contribution in [3.8, 4) is 0 Å². The van der Waals surface area contributed by atoms with Gasteiger partial charge in [0.05, 0.1) is 13.2 Å². The number of carbonyl (C=O) groups is 1. The molecule has 8 heteroatoms. The number of benzene rings is 1. The van der Waals surface area contributed by atoms with E-state index in [0.29, 0.717) is 49.8 Å². The third-order valence-electron chi connectivity index (χ3n) is 5.35. The van der Waals surface area contributed by atoms with Crippen molar-refractivity contribution in [3.05, 3.63) is 58.4 Å². The van der Waals surface area contributed by atoms with Gasteiger partial charge in [0.1, 0.15) is 29.2 Å². The van der Waals surface area contributed by atoms with E-state index in [4.69, 9.17) is 4.74 Å². The zero-order valence-corrected chi connectivity index (χ0v) is 17.0. The smallest absolute Gasteiger partial charge is 0.339 e. The molecule has 2 heterocycles. The van der Waals surface area contributed by atoms with Crippen LogP contribution in [0.5, 0.6) is 0 Å². The first-order valence-corrected chi connectivity index (χ1v) is 9.72. The molecule has 158 valence electrons. The molecule has 0 aliphatic carbocycles. The molecule has 2 aliphatic rings. The van der Waals surface area contributed by atoms with Gasteiger partial charge in [-0.2, -0.15) is 0 Å². The Balaban J connectivity index is 2.09. The summed E-state index contributed by atoms with van der Waals surface area (Å²) in [5.74, 6) is -1.79. The minimum atomic E-state index is -1.02. The Morgan fingerprint density at radius 3 is 2.41 bits per heavy atom. The fourth-order valence-electron chi connectivity index (χ4n) is 3.88. The SMILES string of the molecule is CCN(C)C1=C(C(=O)O)C(C)=CC(N2CCOCC2)N1Cc1cc(F)cc(F)c1. The molecule has 0 bridgehead atoms. The van der Waals surface area contributed by atoms with Gasteiger partial charge < -0.3 is 19.6 Å². The molecule has 6 nitrogen and oxygen atoms in total. The van der Waals surface area contributed by atoms with Gasteiger partial charge in [-0.05, 0) is 43.2 Å². The lowest BCUT2D eigenvalue weighted by molar-refractivity contribution is -0.132. The number of aliphatic carboxylic acids is 1. The lowest BCUT2D eigenvalue weighted by Gasteiger charge is -2.47. The number of ether oxygens (including phenoxy) is 1. The summed E-state index contributed by atoms with van der Waals surface area (Å²) in [5, 5.41) is 9.89. The lowest BCUT2D eigenvalue weighted by Crippen LogP contribution is -2.54. The molecular weight excluding hydrogens is 380 g/mol. The van der Waals surface area contributed by atoms with E-state index < -0.39 is 17.6 Å². The highest BCUT2D eigenvalue weighted by Crippen LogP contribution is 2.32. The lowest BCUT2D eigenvalue weighted by atomic mass is 9.99. The molecule has 1 aromatic rings. The van der Waals surface area contributed by atoms with E-state index >= 15 is 0 Å². The molecule has 1 N–H and O–H groups in total. The van der Waals surface area contributed by atoms with E-state index in [1.165, 1.54) is 12.1 Å². The Morgan fingerprint density at radius 2 is 1.86 bits per heavy atom. The normalized spacial score (nSPS) is 20.7. The van der Waals surface area contributed by atoms with Crippen LogP contribution in [-0.4, -0.2) is 71.8 Å². The highest BCUT2D eigenvalue weighted by molar-refractivity contribution is 5.92. The third kappa shape index (κ3) is 4.59. The number of halogens is 2. The van der Waals surface area contributed by atoms with Crippen LogP contribution in [0.1, 0.15) is 19.4 Å². The maximum atomic E-state index is 13.8. The Hall–Kier alpha value is -2.45. The maximum Gasteiger partial charge on any atom is 0.339 e. The Kier molecular flexibility index (Phi) is 6.54. The van der Waals surface area contributed by atoms with Crippen molar-refractivity contribution in [2.45, 2.75) is 26.6 Å². The van der Waals surface area contributed by atoms with Gasteiger partial charge in [0.15, 0.2) is 0 Å². The molecule has 2 aliphatic heterocycles. The zero-order valence-electron chi connectivity index (χ0n) is 17.0. The van der Waals surface area contributed by atoms with Crippen molar-refractivity contribution in [2.24, 2.45) is 0 Å². The Bertz CT molecular complexity index is 814. The average Bonchev–Trinajstić information content (AvgIpc) is 2.67.